The summed E-state index contributed by atoms with van der Waals surface area (Å²) in [6.07, 6.45) is 0.516. The van der Waals surface area contributed by atoms with Crippen molar-refractivity contribution in [3.8, 4) is 0 Å². The number of carbonyl (C=O) groups excluding carboxylic acids is 2. The van der Waals surface area contributed by atoms with E-state index in [0.717, 1.165) is 5.56 Å². The molecule has 1 aliphatic heterocycles. The van der Waals surface area contributed by atoms with Crippen LogP contribution in [-0.2, 0) is 16.4 Å². The number of amides is 1. The average molecular weight is 435 g/mol. The molecule has 31 heavy (non-hydrogen) atoms. The molecule has 0 bridgehead atoms. The number of nitrogens with zero attached hydrogens (tertiary/aromatic N) is 1. The molecule has 0 unspecified atom stereocenters. The van der Waals surface area contributed by atoms with Crippen molar-refractivity contribution in [3.63, 3.8) is 0 Å². The first-order chi connectivity index (χ1) is 14.8. The van der Waals surface area contributed by atoms with Gasteiger partial charge in [-0.05, 0) is 68.3 Å². The van der Waals surface area contributed by atoms with Crippen LogP contribution in [0.15, 0.2) is 77.7 Å². The highest BCUT2D eigenvalue weighted by atomic mass is 32.2. The molecule has 1 atom stereocenters. The summed E-state index contributed by atoms with van der Waals surface area (Å²) in [7, 11) is -3.70. The van der Waals surface area contributed by atoms with Crippen molar-refractivity contribution in [2.45, 2.75) is 31.2 Å². The number of Topliss-reactive ketones (excluding diaryl/α,β-unsaturated/α-hetero) is 1. The maximum atomic E-state index is 13.2. The Balaban J connectivity index is 1.61. The highest BCUT2D eigenvalue weighted by molar-refractivity contribution is 7.92. The van der Waals surface area contributed by atoms with E-state index < -0.39 is 10.0 Å². The van der Waals surface area contributed by atoms with Crippen molar-refractivity contribution in [3.05, 3.63) is 89.5 Å². The molecule has 4 rings (SSSR count). The summed E-state index contributed by atoms with van der Waals surface area (Å²) < 4.78 is 27.8. The van der Waals surface area contributed by atoms with Crippen LogP contribution in [0.3, 0.4) is 0 Å². The molecule has 0 aromatic heterocycles. The Hall–Kier alpha value is -3.45. The number of ketones is 1. The van der Waals surface area contributed by atoms with Gasteiger partial charge < -0.3 is 5.32 Å². The number of carbonyl (C=O) groups is 2. The third-order valence-corrected chi connectivity index (χ3v) is 7.26. The number of hydrogen-bond donors (Lipinski definition) is 1. The third-order valence-electron chi connectivity index (χ3n) is 5.32. The van der Waals surface area contributed by atoms with Crippen LogP contribution in [0.25, 0.3) is 0 Å². The molecule has 1 heterocycles. The van der Waals surface area contributed by atoms with Gasteiger partial charge in [-0.3, -0.25) is 13.9 Å². The van der Waals surface area contributed by atoms with Crippen molar-refractivity contribution < 1.29 is 18.0 Å². The quantitative estimate of drug-likeness (QED) is 0.608. The smallest absolute Gasteiger partial charge is 0.264 e. The molecule has 1 aliphatic rings. The summed E-state index contributed by atoms with van der Waals surface area (Å²) in [6, 6.07) is 19.9. The SMILES string of the molecule is CC(=O)c1cccc(NC(=O)c2ccc3c(c2)C[C@@H](C)N3S(=O)(=O)c2ccccc2)c1. The number of nitrogens with one attached hydrogen (secondary N) is 1. The molecular weight excluding hydrogens is 412 g/mol. The standard InChI is InChI=1S/C24H22N2O4S/c1-16-13-20-14-19(24(28)25-21-8-6-7-18(15-21)17(2)27)11-12-23(20)26(16)31(29,30)22-9-4-3-5-10-22/h3-12,14-16H,13H2,1-2H3,(H,25,28)/t16-/m1/s1. The van der Waals surface area contributed by atoms with Gasteiger partial charge in [-0.1, -0.05) is 30.3 Å². The Kier molecular flexibility index (Phi) is 5.37. The van der Waals surface area contributed by atoms with Gasteiger partial charge in [0.1, 0.15) is 0 Å². The maximum absolute atomic E-state index is 13.2. The fourth-order valence-corrected chi connectivity index (χ4v) is 5.55. The van der Waals surface area contributed by atoms with Crippen LogP contribution in [0.2, 0.25) is 0 Å². The van der Waals surface area contributed by atoms with E-state index in [2.05, 4.69) is 5.32 Å². The molecule has 1 amide bonds. The summed E-state index contributed by atoms with van der Waals surface area (Å²) in [4.78, 5) is 24.5. The number of benzene rings is 3. The Labute approximate surface area is 181 Å². The maximum Gasteiger partial charge on any atom is 0.264 e. The zero-order valence-corrected chi connectivity index (χ0v) is 18.0. The molecular formula is C24H22N2O4S. The van der Waals surface area contributed by atoms with E-state index in [1.165, 1.54) is 11.2 Å². The van der Waals surface area contributed by atoms with Crippen LogP contribution in [-0.4, -0.2) is 26.2 Å². The van der Waals surface area contributed by atoms with Gasteiger partial charge in [0.05, 0.1) is 10.6 Å². The van der Waals surface area contributed by atoms with Gasteiger partial charge in [-0.25, -0.2) is 8.42 Å². The minimum atomic E-state index is -3.70. The lowest BCUT2D eigenvalue weighted by molar-refractivity contribution is 0.101. The van der Waals surface area contributed by atoms with E-state index in [9.17, 15) is 18.0 Å². The lowest BCUT2D eigenvalue weighted by atomic mass is 10.1. The summed E-state index contributed by atoms with van der Waals surface area (Å²) in [5.74, 6) is -0.400. The Morgan fingerprint density at radius 2 is 1.68 bits per heavy atom. The van der Waals surface area contributed by atoms with Crippen molar-refractivity contribution in [2.75, 3.05) is 9.62 Å². The minimum absolute atomic E-state index is 0.0812. The molecule has 0 radical (unpaired) electrons. The highest BCUT2D eigenvalue weighted by Crippen LogP contribution is 2.37. The fourth-order valence-electron chi connectivity index (χ4n) is 3.84. The first-order valence-corrected chi connectivity index (χ1v) is 11.4. The minimum Gasteiger partial charge on any atom is -0.322 e. The summed E-state index contributed by atoms with van der Waals surface area (Å²) in [5.41, 5.74) is 2.86. The molecule has 7 heteroatoms. The summed E-state index contributed by atoms with van der Waals surface area (Å²) in [6.45, 7) is 3.32. The van der Waals surface area contributed by atoms with Crippen molar-refractivity contribution in [2.24, 2.45) is 0 Å². The molecule has 3 aromatic rings. The molecule has 0 spiro atoms. The second-order valence-electron chi connectivity index (χ2n) is 7.60. The number of rotatable bonds is 5. The predicted molar refractivity (Wildman–Crippen MR) is 120 cm³/mol. The van der Waals surface area contributed by atoms with Gasteiger partial charge in [-0.2, -0.15) is 0 Å². The first-order valence-electron chi connectivity index (χ1n) is 9.92. The Bertz CT molecular complexity index is 1270. The summed E-state index contributed by atoms with van der Waals surface area (Å²) in [5, 5.41) is 2.80. The third kappa shape index (κ3) is 3.96. The van der Waals surface area contributed by atoms with E-state index in [1.807, 2.05) is 6.92 Å². The van der Waals surface area contributed by atoms with Crippen LogP contribution < -0.4 is 9.62 Å². The molecule has 0 aliphatic carbocycles. The van der Waals surface area contributed by atoms with E-state index in [0.29, 0.717) is 28.9 Å². The van der Waals surface area contributed by atoms with Gasteiger partial charge in [-0.15, -0.1) is 0 Å². The number of sulfonamides is 1. The largest absolute Gasteiger partial charge is 0.322 e. The second-order valence-corrected chi connectivity index (χ2v) is 9.42. The van der Waals surface area contributed by atoms with Crippen molar-refractivity contribution in [1.82, 2.24) is 0 Å². The molecule has 0 fully saturated rings. The lowest BCUT2D eigenvalue weighted by Crippen LogP contribution is -2.35. The molecule has 0 saturated carbocycles. The van der Waals surface area contributed by atoms with Gasteiger partial charge in [0.15, 0.2) is 5.78 Å². The monoisotopic (exact) mass is 434 g/mol. The second kappa shape index (κ2) is 8.00. The van der Waals surface area contributed by atoms with Crippen LogP contribution in [0.1, 0.15) is 40.1 Å². The average Bonchev–Trinajstić information content (AvgIpc) is 3.10. The van der Waals surface area contributed by atoms with Gasteiger partial charge in [0, 0.05) is 22.9 Å². The van der Waals surface area contributed by atoms with Crippen molar-refractivity contribution >= 4 is 33.1 Å². The fraction of sp³-hybridized carbons (Fsp3) is 0.167. The normalized spacial score (nSPS) is 15.4. The van der Waals surface area contributed by atoms with Gasteiger partial charge in [0.2, 0.25) is 0 Å². The number of fused-ring (bicyclic) bond motifs is 1. The molecule has 6 nitrogen and oxygen atoms in total. The Morgan fingerprint density at radius 1 is 0.935 bits per heavy atom. The number of hydrogen-bond acceptors (Lipinski definition) is 4. The molecule has 158 valence electrons. The first kappa shape index (κ1) is 20.8. The van der Waals surface area contributed by atoms with E-state index in [-0.39, 0.29) is 22.6 Å². The van der Waals surface area contributed by atoms with Crippen LogP contribution in [0.5, 0.6) is 0 Å². The van der Waals surface area contributed by atoms with Crippen LogP contribution >= 0.6 is 0 Å². The van der Waals surface area contributed by atoms with E-state index in [4.69, 9.17) is 0 Å². The number of anilines is 2. The Morgan fingerprint density at radius 3 is 2.39 bits per heavy atom. The van der Waals surface area contributed by atoms with Crippen molar-refractivity contribution in [1.29, 1.82) is 0 Å². The van der Waals surface area contributed by atoms with Crippen LogP contribution in [0, 0.1) is 0 Å². The lowest BCUT2D eigenvalue weighted by Gasteiger charge is -2.24. The predicted octanol–water partition coefficient (Wildman–Crippen LogP) is 4.28. The summed E-state index contributed by atoms with van der Waals surface area (Å²) >= 11 is 0. The molecule has 0 saturated heterocycles. The highest BCUT2D eigenvalue weighted by Gasteiger charge is 2.36. The van der Waals surface area contributed by atoms with Gasteiger partial charge in [0.25, 0.3) is 15.9 Å². The molecule has 3 aromatic carbocycles. The van der Waals surface area contributed by atoms with E-state index in [1.54, 1.807) is 72.8 Å². The molecule has 1 N–H and O–H groups in total. The zero-order chi connectivity index (χ0) is 22.2. The topological polar surface area (TPSA) is 83.6 Å². The van der Waals surface area contributed by atoms with Gasteiger partial charge >= 0.3 is 0 Å². The van der Waals surface area contributed by atoms with E-state index >= 15 is 0 Å². The zero-order valence-electron chi connectivity index (χ0n) is 17.2. The van der Waals surface area contributed by atoms with Crippen LogP contribution in [0.4, 0.5) is 11.4 Å².